The molecule has 0 fully saturated rings. The molecule has 1 N–H and O–H groups in total. The normalized spacial score (nSPS) is 10.4. The molecule has 0 aliphatic rings. The summed E-state index contributed by atoms with van der Waals surface area (Å²) in [4.78, 5) is 17.5. The van der Waals surface area contributed by atoms with E-state index in [9.17, 15) is 4.79 Å². The molecule has 6 heteroatoms. The zero-order valence-electron chi connectivity index (χ0n) is 16.5. The molecule has 0 saturated heterocycles. The van der Waals surface area contributed by atoms with Gasteiger partial charge in [-0.3, -0.25) is 4.79 Å². The van der Waals surface area contributed by atoms with E-state index in [-0.39, 0.29) is 19.1 Å². The molecule has 0 atom stereocenters. The number of carbonyl (C=O) groups is 1. The van der Waals surface area contributed by atoms with E-state index < -0.39 is 0 Å². The molecule has 3 aromatic carbocycles. The van der Waals surface area contributed by atoms with Crippen molar-refractivity contribution in [1.82, 2.24) is 0 Å². The van der Waals surface area contributed by atoms with E-state index in [0.29, 0.717) is 16.9 Å². The van der Waals surface area contributed by atoms with Crippen LogP contribution in [0.5, 0.6) is 5.75 Å². The van der Waals surface area contributed by atoms with Crippen molar-refractivity contribution in [3.8, 4) is 11.8 Å². The van der Waals surface area contributed by atoms with E-state index in [2.05, 4.69) is 16.5 Å². The molecule has 150 valence electrons. The Hall–Kier alpha value is -4.11. The van der Waals surface area contributed by atoms with Gasteiger partial charge in [-0.05, 0) is 37.3 Å². The quantitative estimate of drug-likeness (QED) is 0.448. The van der Waals surface area contributed by atoms with Gasteiger partial charge in [-0.15, -0.1) is 0 Å². The molecule has 3 rings (SSSR count). The molecule has 0 spiro atoms. The van der Waals surface area contributed by atoms with Crippen LogP contribution in [0.2, 0.25) is 0 Å². The molecule has 0 aromatic heterocycles. The molecule has 0 heterocycles. The van der Waals surface area contributed by atoms with Crippen molar-refractivity contribution in [2.45, 2.75) is 13.5 Å². The number of nitriles is 1. The molecule has 0 unspecified atom stereocenters. The number of anilines is 1. The third kappa shape index (κ3) is 5.94. The van der Waals surface area contributed by atoms with Crippen molar-refractivity contribution in [2.75, 3.05) is 11.9 Å². The van der Waals surface area contributed by atoms with E-state index in [1.54, 1.807) is 18.2 Å². The monoisotopic (exact) mass is 399 g/mol. The topological polar surface area (TPSA) is 83.7 Å². The highest BCUT2D eigenvalue weighted by Crippen LogP contribution is 2.17. The molecule has 0 aliphatic carbocycles. The van der Waals surface area contributed by atoms with Gasteiger partial charge in [0.05, 0.1) is 17.8 Å². The first-order valence-corrected chi connectivity index (χ1v) is 9.37. The number of rotatable bonds is 8. The predicted molar refractivity (Wildman–Crippen MR) is 115 cm³/mol. The van der Waals surface area contributed by atoms with E-state index in [4.69, 9.17) is 14.8 Å². The van der Waals surface area contributed by atoms with Gasteiger partial charge in [0.25, 0.3) is 5.91 Å². The maximum Gasteiger partial charge on any atom is 0.262 e. The summed E-state index contributed by atoms with van der Waals surface area (Å²) in [6.07, 6.45) is 1.52. The number of para-hydroxylation sites is 1. The number of ether oxygens (including phenoxy) is 1. The van der Waals surface area contributed by atoms with Crippen molar-refractivity contribution in [1.29, 1.82) is 5.26 Å². The van der Waals surface area contributed by atoms with E-state index in [0.717, 1.165) is 16.8 Å². The summed E-state index contributed by atoms with van der Waals surface area (Å²) in [5, 5.41) is 15.9. The van der Waals surface area contributed by atoms with Crippen LogP contribution in [0.4, 0.5) is 5.69 Å². The summed E-state index contributed by atoms with van der Waals surface area (Å²) in [7, 11) is 0. The van der Waals surface area contributed by atoms with Crippen LogP contribution in [0, 0.1) is 18.3 Å². The van der Waals surface area contributed by atoms with E-state index in [1.165, 1.54) is 6.21 Å². The second kappa shape index (κ2) is 10.4. The minimum Gasteiger partial charge on any atom is -0.483 e. The maximum atomic E-state index is 12.1. The van der Waals surface area contributed by atoms with Crippen molar-refractivity contribution in [2.24, 2.45) is 5.16 Å². The number of carbonyl (C=O) groups excluding carboxylic acids is 1. The number of benzene rings is 3. The summed E-state index contributed by atoms with van der Waals surface area (Å²) in [6.45, 7) is 2.04. The van der Waals surface area contributed by atoms with Crippen molar-refractivity contribution < 1.29 is 14.4 Å². The smallest absolute Gasteiger partial charge is 0.262 e. The molecular weight excluding hydrogens is 378 g/mol. The van der Waals surface area contributed by atoms with Crippen LogP contribution in [0.15, 0.2) is 78.0 Å². The fourth-order valence-electron chi connectivity index (χ4n) is 2.65. The first kappa shape index (κ1) is 20.6. The lowest BCUT2D eigenvalue weighted by Gasteiger charge is -2.09. The van der Waals surface area contributed by atoms with Crippen LogP contribution in [0.25, 0.3) is 0 Å². The number of hydrogen-bond donors (Lipinski definition) is 1. The molecule has 0 radical (unpaired) electrons. The Morgan fingerprint density at radius 3 is 2.60 bits per heavy atom. The average Bonchev–Trinajstić information content (AvgIpc) is 2.78. The van der Waals surface area contributed by atoms with Gasteiger partial charge in [-0.1, -0.05) is 53.2 Å². The van der Waals surface area contributed by atoms with Crippen molar-refractivity contribution in [3.63, 3.8) is 0 Å². The van der Waals surface area contributed by atoms with Gasteiger partial charge in [-0.2, -0.15) is 5.26 Å². The number of aryl methyl sites for hydroxylation is 1. The highest BCUT2D eigenvalue weighted by Gasteiger charge is 2.07. The molecule has 3 aromatic rings. The van der Waals surface area contributed by atoms with Crippen LogP contribution in [0.1, 0.15) is 22.3 Å². The summed E-state index contributed by atoms with van der Waals surface area (Å²) < 4.78 is 5.64. The first-order chi connectivity index (χ1) is 14.7. The van der Waals surface area contributed by atoms with Crippen LogP contribution in [-0.4, -0.2) is 18.7 Å². The highest BCUT2D eigenvalue weighted by atomic mass is 16.6. The average molecular weight is 399 g/mol. The van der Waals surface area contributed by atoms with Crippen LogP contribution >= 0.6 is 0 Å². The van der Waals surface area contributed by atoms with Gasteiger partial charge < -0.3 is 14.9 Å². The summed E-state index contributed by atoms with van der Waals surface area (Å²) in [6, 6.07) is 24.1. The van der Waals surface area contributed by atoms with Gasteiger partial charge in [0, 0.05) is 16.8 Å². The zero-order chi connectivity index (χ0) is 21.2. The zero-order valence-corrected chi connectivity index (χ0v) is 16.5. The third-order valence-electron chi connectivity index (χ3n) is 4.24. The highest BCUT2D eigenvalue weighted by molar-refractivity contribution is 5.92. The van der Waals surface area contributed by atoms with E-state index in [1.807, 2.05) is 61.5 Å². The maximum absolute atomic E-state index is 12.1. The first-order valence-electron chi connectivity index (χ1n) is 9.37. The van der Waals surface area contributed by atoms with Crippen molar-refractivity contribution >= 4 is 17.8 Å². The van der Waals surface area contributed by atoms with Gasteiger partial charge in [0.1, 0.15) is 12.4 Å². The Bertz CT molecular complexity index is 1070. The second-order valence-corrected chi connectivity index (χ2v) is 6.52. The third-order valence-corrected chi connectivity index (χ3v) is 4.24. The Morgan fingerprint density at radius 2 is 1.80 bits per heavy atom. The summed E-state index contributed by atoms with van der Waals surface area (Å²) in [5.41, 5.74) is 3.82. The standard InChI is InChI=1S/C24H21N3O3/c1-18-10-12-22(13-11-18)27-24(28)17-29-23-9-5-4-7-20(23)15-26-30-16-21-8-3-2-6-19(21)14-25/h2-13,15H,16-17H2,1H3,(H,27,28)/b26-15-. The van der Waals surface area contributed by atoms with Crippen LogP contribution in [-0.2, 0) is 16.2 Å². The van der Waals surface area contributed by atoms with Crippen molar-refractivity contribution in [3.05, 3.63) is 95.1 Å². The number of nitrogens with one attached hydrogen (secondary N) is 1. The lowest BCUT2D eigenvalue weighted by Crippen LogP contribution is -2.20. The lowest BCUT2D eigenvalue weighted by molar-refractivity contribution is -0.118. The van der Waals surface area contributed by atoms with Gasteiger partial charge in [0.2, 0.25) is 0 Å². The van der Waals surface area contributed by atoms with Crippen LogP contribution < -0.4 is 10.1 Å². The van der Waals surface area contributed by atoms with E-state index >= 15 is 0 Å². The summed E-state index contributed by atoms with van der Waals surface area (Å²) in [5.74, 6) is 0.260. The molecule has 1 amide bonds. The predicted octanol–water partition coefficient (Wildman–Crippen LogP) is 4.43. The van der Waals surface area contributed by atoms with Gasteiger partial charge >= 0.3 is 0 Å². The number of amides is 1. The Morgan fingerprint density at radius 1 is 1.07 bits per heavy atom. The molecular formula is C24H21N3O3. The molecule has 0 saturated carbocycles. The largest absolute Gasteiger partial charge is 0.483 e. The molecule has 30 heavy (non-hydrogen) atoms. The fraction of sp³-hybridized carbons (Fsp3) is 0.125. The number of oxime groups is 1. The van der Waals surface area contributed by atoms with Gasteiger partial charge in [0.15, 0.2) is 6.61 Å². The Kier molecular flexibility index (Phi) is 7.17. The Labute approximate surface area is 175 Å². The summed E-state index contributed by atoms with van der Waals surface area (Å²) >= 11 is 0. The fourth-order valence-corrected chi connectivity index (χ4v) is 2.65. The second-order valence-electron chi connectivity index (χ2n) is 6.52. The molecule has 6 nitrogen and oxygen atoms in total. The van der Waals surface area contributed by atoms with Crippen LogP contribution in [0.3, 0.4) is 0 Å². The number of nitrogens with zero attached hydrogens (tertiary/aromatic N) is 2. The minimum absolute atomic E-state index is 0.130. The molecule has 0 bridgehead atoms. The minimum atomic E-state index is -0.255. The lowest BCUT2D eigenvalue weighted by atomic mass is 10.1. The number of hydrogen-bond acceptors (Lipinski definition) is 5. The Balaban J connectivity index is 1.55. The van der Waals surface area contributed by atoms with Gasteiger partial charge in [-0.25, -0.2) is 0 Å². The molecule has 0 aliphatic heterocycles. The SMILES string of the molecule is Cc1ccc(NC(=O)COc2ccccc2/C=N\OCc2ccccc2C#N)cc1.